The zero-order valence-corrected chi connectivity index (χ0v) is 13.2. The predicted octanol–water partition coefficient (Wildman–Crippen LogP) is 3.82. The number of nitrogens with zero attached hydrogens (tertiary/aromatic N) is 4. The third-order valence-electron chi connectivity index (χ3n) is 3.06. The Morgan fingerprint density at radius 1 is 1.19 bits per heavy atom. The minimum Gasteiger partial charge on any atom is -0.423 e. The zero-order chi connectivity index (χ0) is 14.8. The van der Waals surface area contributed by atoms with E-state index in [1.807, 2.05) is 4.90 Å². The SMILES string of the molecule is Fc1ccc(Br)c(Oc2nc(Cl)nc(N3CCCC3)n2)c1. The highest BCUT2D eigenvalue weighted by atomic mass is 79.9. The third-order valence-corrected chi connectivity index (χ3v) is 3.88. The molecule has 0 unspecified atom stereocenters. The van der Waals surface area contributed by atoms with E-state index in [1.165, 1.54) is 12.1 Å². The Balaban J connectivity index is 1.89. The molecule has 2 heterocycles. The fourth-order valence-corrected chi connectivity index (χ4v) is 2.56. The largest absolute Gasteiger partial charge is 0.423 e. The van der Waals surface area contributed by atoms with Crippen molar-refractivity contribution in [1.29, 1.82) is 0 Å². The van der Waals surface area contributed by atoms with Crippen molar-refractivity contribution in [2.75, 3.05) is 18.0 Å². The Morgan fingerprint density at radius 2 is 1.95 bits per heavy atom. The average Bonchev–Trinajstić information content (AvgIpc) is 2.96. The molecule has 0 saturated carbocycles. The van der Waals surface area contributed by atoms with Gasteiger partial charge in [0.05, 0.1) is 4.47 Å². The van der Waals surface area contributed by atoms with Crippen LogP contribution in [0.4, 0.5) is 10.3 Å². The second kappa shape index (κ2) is 6.11. The van der Waals surface area contributed by atoms with Gasteiger partial charge in [0, 0.05) is 19.2 Å². The van der Waals surface area contributed by atoms with Crippen LogP contribution >= 0.6 is 27.5 Å². The number of hydrogen-bond acceptors (Lipinski definition) is 5. The van der Waals surface area contributed by atoms with Crippen LogP contribution < -0.4 is 9.64 Å². The van der Waals surface area contributed by atoms with Crippen molar-refractivity contribution in [1.82, 2.24) is 15.0 Å². The van der Waals surface area contributed by atoms with Gasteiger partial charge in [0.1, 0.15) is 11.6 Å². The molecule has 1 aliphatic rings. The molecule has 110 valence electrons. The van der Waals surface area contributed by atoms with Crippen LogP contribution in [0.2, 0.25) is 5.28 Å². The Labute approximate surface area is 134 Å². The summed E-state index contributed by atoms with van der Waals surface area (Å²) in [4.78, 5) is 14.3. The van der Waals surface area contributed by atoms with E-state index in [1.54, 1.807) is 6.07 Å². The van der Waals surface area contributed by atoms with Gasteiger partial charge in [0.25, 0.3) is 0 Å². The van der Waals surface area contributed by atoms with Crippen LogP contribution in [-0.4, -0.2) is 28.0 Å². The Hall–Kier alpha value is -1.47. The average molecular weight is 374 g/mol. The molecule has 8 heteroatoms. The van der Waals surface area contributed by atoms with E-state index in [4.69, 9.17) is 16.3 Å². The molecule has 0 aliphatic carbocycles. The Bertz CT molecular complexity index is 667. The molecule has 5 nitrogen and oxygen atoms in total. The molecule has 0 spiro atoms. The minimum atomic E-state index is -0.409. The molecule has 0 amide bonds. The number of halogens is 3. The second-order valence-electron chi connectivity index (χ2n) is 4.56. The van der Waals surface area contributed by atoms with Gasteiger partial charge in [-0.05, 0) is 52.5 Å². The molecule has 1 fully saturated rings. The number of anilines is 1. The van der Waals surface area contributed by atoms with Crippen molar-refractivity contribution < 1.29 is 9.13 Å². The van der Waals surface area contributed by atoms with Crippen molar-refractivity contribution >= 4 is 33.5 Å². The van der Waals surface area contributed by atoms with Gasteiger partial charge in [0.15, 0.2) is 0 Å². The molecule has 0 atom stereocenters. The molecule has 1 saturated heterocycles. The summed E-state index contributed by atoms with van der Waals surface area (Å²) < 4.78 is 19.4. The molecule has 0 radical (unpaired) electrons. The molecule has 1 aromatic carbocycles. The molecular formula is C13H11BrClFN4O. The second-order valence-corrected chi connectivity index (χ2v) is 5.75. The normalized spacial score (nSPS) is 14.5. The molecule has 1 aliphatic heterocycles. The van der Waals surface area contributed by atoms with Gasteiger partial charge in [0.2, 0.25) is 11.2 Å². The highest BCUT2D eigenvalue weighted by molar-refractivity contribution is 9.10. The van der Waals surface area contributed by atoms with Crippen LogP contribution in [0.3, 0.4) is 0 Å². The topological polar surface area (TPSA) is 51.1 Å². The van der Waals surface area contributed by atoms with Crippen molar-refractivity contribution in [2.24, 2.45) is 0 Å². The van der Waals surface area contributed by atoms with E-state index >= 15 is 0 Å². The quantitative estimate of drug-likeness (QED) is 0.818. The highest BCUT2D eigenvalue weighted by Crippen LogP contribution is 2.30. The minimum absolute atomic E-state index is 0.0446. The Morgan fingerprint density at radius 3 is 2.71 bits per heavy atom. The van der Waals surface area contributed by atoms with Gasteiger partial charge in [-0.15, -0.1) is 0 Å². The summed E-state index contributed by atoms with van der Waals surface area (Å²) >= 11 is 9.20. The first-order valence-electron chi connectivity index (χ1n) is 6.41. The lowest BCUT2D eigenvalue weighted by Crippen LogP contribution is -2.21. The molecular weight excluding hydrogens is 363 g/mol. The van der Waals surface area contributed by atoms with E-state index in [0.717, 1.165) is 25.9 Å². The molecule has 21 heavy (non-hydrogen) atoms. The van der Waals surface area contributed by atoms with Crippen LogP contribution in [0.15, 0.2) is 22.7 Å². The summed E-state index contributed by atoms with van der Waals surface area (Å²) in [5.41, 5.74) is 0. The van der Waals surface area contributed by atoms with Crippen LogP contribution in [0.5, 0.6) is 11.8 Å². The van der Waals surface area contributed by atoms with Gasteiger partial charge in [-0.3, -0.25) is 0 Å². The van der Waals surface area contributed by atoms with Crippen LogP contribution in [0, 0.1) is 5.82 Å². The summed E-state index contributed by atoms with van der Waals surface area (Å²) in [6, 6.07) is 4.17. The fourth-order valence-electron chi connectivity index (χ4n) is 2.08. The van der Waals surface area contributed by atoms with Crippen molar-refractivity contribution in [2.45, 2.75) is 12.8 Å². The number of benzene rings is 1. The lowest BCUT2D eigenvalue weighted by molar-refractivity contribution is 0.433. The van der Waals surface area contributed by atoms with Crippen LogP contribution in [0.25, 0.3) is 0 Å². The van der Waals surface area contributed by atoms with E-state index in [9.17, 15) is 4.39 Å². The summed E-state index contributed by atoms with van der Waals surface area (Å²) in [6.07, 6.45) is 2.18. The molecule has 0 N–H and O–H groups in total. The summed E-state index contributed by atoms with van der Waals surface area (Å²) in [5.74, 6) is 0.354. The smallest absolute Gasteiger partial charge is 0.328 e. The number of hydrogen-bond donors (Lipinski definition) is 0. The maximum Gasteiger partial charge on any atom is 0.328 e. The first-order chi connectivity index (χ1) is 10.1. The number of aromatic nitrogens is 3. The van der Waals surface area contributed by atoms with Crippen molar-refractivity contribution in [3.63, 3.8) is 0 Å². The Kier molecular flexibility index (Phi) is 4.21. The van der Waals surface area contributed by atoms with E-state index < -0.39 is 5.82 Å². The maximum atomic E-state index is 13.3. The molecule has 2 aromatic rings. The standard InChI is InChI=1S/C13H11BrClFN4O/c14-9-4-3-8(16)7-10(9)21-13-18-11(15)17-12(19-13)20-5-1-2-6-20/h3-4,7H,1-2,5-6H2. The molecule has 0 bridgehead atoms. The number of ether oxygens (including phenoxy) is 1. The van der Waals surface area contributed by atoms with Gasteiger partial charge in [-0.25, -0.2) is 4.39 Å². The zero-order valence-electron chi connectivity index (χ0n) is 10.9. The highest BCUT2D eigenvalue weighted by Gasteiger charge is 2.18. The summed E-state index contributed by atoms with van der Waals surface area (Å²) in [7, 11) is 0. The molecule has 1 aromatic heterocycles. The van der Waals surface area contributed by atoms with Crippen LogP contribution in [-0.2, 0) is 0 Å². The predicted molar refractivity (Wildman–Crippen MR) is 80.5 cm³/mol. The monoisotopic (exact) mass is 372 g/mol. The summed E-state index contributed by atoms with van der Waals surface area (Å²) in [5, 5.41) is 0.0504. The fraction of sp³-hybridized carbons (Fsp3) is 0.308. The first kappa shape index (κ1) is 14.5. The first-order valence-corrected chi connectivity index (χ1v) is 7.58. The van der Waals surface area contributed by atoms with Gasteiger partial charge in [-0.1, -0.05) is 0 Å². The lowest BCUT2D eigenvalue weighted by Gasteiger charge is -2.15. The van der Waals surface area contributed by atoms with Crippen molar-refractivity contribution in [3.05, 3.63) is 33.8 Å². The van der Waals surface area contributed by atoms with E-state index in [-0.39, 0.29) is 17.0 Å². The lowest BCUT2D eigenvalue weighted by atomic mass is 10.3. The van der Waals surface area contributed by atoms with E-state index in [2.05, 4.69) is 30.9 Å². The van der Waals surface area contributed by atoms with E-state index in [0.29, 0.717) is 10.4 Å². The third kappa shape index (κ3) is 3.41. The van der Waals surface area contributed by atoms with Gasteiger partial charge < -0.3 is 9.64 Å². The molecule has 3 rings (SSSR count). The van der Waals surface area contributed by atoms with Gasteiger partial charge >= 0.3 is 6.01 Å². The van der Waals surface area contributed by atoms with Crippen molar-refractivity contribution in [3.8, 4) is 11.8 Å². The van der Waals surface area contributed by atoms with Gasteiger partial charge in [-0.2, -0.15) is 15.0 Å². The summed E-state index contributed by atoms with van der Waals surface area (Å²) in [6.45, 7) is 1.76. The number of rotatable bonds is 3. The maximum absolute atomic E-state index is 13.3. The van der Waals surface area contributed by atoms with Crippen LogP contribution in [0.1, 0.15) is 12.8 Å².